The van der Waals surface area contributed by atoms with Crippen LogP contribution in [0.15, 0.2) is 6.20 Å². The summed E-state index contributed by atoms with van der Waals surface area (Å²) in [5, 5.41) is 2.45. The average Bonchev–Trinajstić information content (AvgIpc) is 2.16. The first-order chi connectivity index (χ1) is 7.70. The fraction of sp³-hybridized carbons (Fsp3) is 0.455. The molecule has 1 N–H and O–H groups in total. The van der Waals surface area contributed by atoms with Crippen molar-refractivity contribution >= 4 is 23.4 Å². The summed E-state index contributed by atoms with van der Waals surface area (Å²) in [5.41, 5.74) is -0.303. The molecule has 0 saturated carbocycles. The number of hydrogen-bond donors (Lipinski definition) is 1. The zero-order chi connectivity index (χ0) is 13.2. The third-order valence-electron chi connectivity index (χ3n) is 1.84. The summed E-state index contributed by atoms with van der Waals surface area (Å²) in [4.78, 5) is 15.1. The number of pyridine rings is 1. The molecule has 1 heterocycles. The van der Waals surface area contributed by atoms with Crippen molar-refractivity contribution in [3.63, 3.8) is 0 Å². The van der Waals surface area contributed by atoms with Crippen molar-refractivity contribution in [1.82, 2.24) is 4.98 Å². The lowest BCUT2D eigenvalue weighted by atomic mass is 10.2. The minimum Gasteiger partial charge on any atom is -0.444 e. The Bertz CT molecular complexity index is 444. The van der Waals surface area contributed by atoms with Gasteiger partial charge >= 0.3 is 6.09 Å². The Morgan fingerprint density at radius 1 is 1.53 bits per heavy atom. The molecule has 6 heteroatoms. The molecule has 1 amide bonds. The maximum Gasteiger partial charge on any atom is 0.412 e. The molecule has 0 unspecified atom stereocenters. The predicted octanol–water partition coefficient (Wildman–Crippen LogP) is 3.53. The average molecular weight is 261 g/mol. The van der Waals surface area contributed by atoms with E-state index in [-0.39, 0.29) is 10.8 Å². The first kappa shape index (κ1) is 13.7. The largest absolute Gasteiger partial charge is 0.444 e. The van der Waals surface area contributed by atoms with Crippen molar-refractivity contribution in [1.29, 1.82) is 0 Å². The topological polar surface area (TPSA) is 51.2 Å². The number of anilines is 1. The first-order valence-electron chi connectivity index (χ1n) is 5.01. The van der Waals surface area contributed by atoms with Crippen LogP contribution in [-0.2, 0) is 4.74 Å². The lowest BCUT2D eigenvalue weighted by Gasteiger charge is -2.20. The highest BCUT2D eigenvalue weighted by Gasteiger charge is 2.19. The molecule has 0 aliphatic rings. The molecule has 0 aromatic carbocycles. The van der Waals surface area contributed by atoms with Gasteiger partial charge in [0.15, 0.2) is 5.82 Å². The Labute approximate surface area is 104 Å². The molecule has 0 bridgehead atoms. The first-order valence-corrected chi connectivity index (χ1v) is 5.39. The standard InChI is InChI=1S/C11H14ClFN2O2/c1-6-8(7(13)5-14-9(6)12)15-10(16)17-11(2,3)4/h5H,1-4H3,(H,14,15,16). The number of carbonyl (C=O) groups excluding carboxylic acids is 1. The van der Waals surface area contributed by atoms with E-state index in [4.69, 9.17) is 16.3 Å². The molecule has 1 rings (SSSR count). The van der Waals surface area contributed by atoms with E-state index >= 15 is 0 Å². The number of amides is 1. The minimum absolute atomic E-state index is 0.0146. The smallest absolute Gasteiger partial charge is 0.412 e. The molecule has 0 aliphatic heterocycles. The number of ether oxygens (including phenoxy) is 1. The van der Waals surface area contributed by atoms with E-state index in [0.717, 1.165) is 6.20 Å². The van der Waals surface area contributed by atoms with Crippen LogP contribution < -0.4 is 5.32 Å². The van der Waals surface area contributed by atoms with Crippen LogP contribution in [-0.4, -0.2) is 16.7 Å². The van der Waals surface area contributed by atoms with Crippen LogP contribution in [0.25, 0.3) is 0 Å². The Balaban J connectivity index is 2.89. The molecule has 1 aromatic heterocycles. The highest BCUT2D eigenvalue weighted by molar-refractivity contribution is 6.30. The van der Waals surface area contributed by atoms with Gasteiger partial charge in [0.05, 0.1) is 11.9 Å². The molecule has 0 spiro atoms. The summed E-state index contributed by atoms with van der Waals surface area (Å²) >= 11 is 5.73. The van der Waals surface area contributed by atoms with Crippen LogP contribution >= 0.6 is 11.6 Å². The molecule has 0 fully saturated rings. The maximum atomic E-state index is 13.4. The van der Waals surface area contributed by atoms with Gasteiger partial charge in [0, 0.05) is 5.56 Å². The Morgan fingerprint density at radius 3 is 2.65 bits per heavy atom. The second kappa shape index (κ2) is 4.87. The Kier molecular flexibility index (Phi) is 3.93. The van der Waals surface area contributed by atoms with Crippen LogP contribution in [0.4, 0.5) is 14.9 Å². The van der Waals surface area contributed by atoms with Gasteiger partial charge in [-0.25, -0.2) is 14.2 Å². The lowest BCUT2D eigenvalue weighted by molar-refractivity contribution is 0.0635. The fourth-order valence-electron chi connectivity index (χ4n) is 1.12. The maximum absolute atomic E-state index is 13.4. The van der Waals surface area contributed by atoms with Crippen LogP contribution in [0.3, 0.4) is 0 Å². The summed E-state index contributed by atoms with van der Waals surface area (Å²) in [6.07, 6.45) is 0.212. The molecule has 0 saturated heterocycles. The molecule has 4 nitrogen and oxygen atoms in total. The molecule has 17 heavy (non-hydrogen) atoms. The summed E-state index contributed by atoms with van der Waals surface area (Å²) < 4.78 is 18.4. The molecule has 0 aliphatic carbocycles. The number of carbonyl (C=O) groups is 1. The number of rotatable bonds is 1. The van der Waals surface area contributed by atoms with Gasteiger partial charge in [-0.15, -0.1) is 0 Å². The highest BCUT2D eigenvalue weighted by atomic mass is 35.5. The predicted molar refractivity (Wildman–Crippen MR) is 63.8 cm³/mol. The number of hydrogen-bond acceptors (Lipinski definition) is 3. The van der Waals surface area contributed by atoms with Crippen molar-refractivity contribution in [2.24, 2.45) is 0 Å². The Hall–Kier alpha value is -1.36. The molecule has 0 radical (unpaired) electrons. The van der Waals surface area contributed by atoms with Crippen molar-refractivity contribution in [3.05, 3.63) is 22.7 Å². The minimum atomic E-state index is -0.734. The zero-order valence-electron chi connectivity index (χ0n) is 10.1. The SMILES string of the molecule is Cc1c(Cl)ncc(F)c1NC(=O)OC(C)(C)C. The van der Waals surface area contributed by atoms with Gasteiger partial charge in [-0.2, -0.15) is 0 Å². The van der Waals surface area contributed by atoms with Gasteiger partial charge in [0.25, 0.3) is 0 Å². The van der Waals surface area contributed by atoms with E-state index in [0.29, 0.717) is 5.56 Å². The molecular weight excluding hydrogens is 247 g/mol. The van der Waals surface area contributed by atoms with E-state index in [9.17, 15) is 9.18 Å². The van der Waals surface area contributed by atoms with Gasteiger partial charge in [0.1, 0.15) is 10.8 Å². The monoisotopic (exact) mass is 260 g/mol. The summed E-state index contributed by atoms with van der Waals surface area (Å²) in [5.74, 6) is -0.655. The van der Waals surface area contributed by atoms with E-state index in [1.807, 2.05) is 0 Å². The third kappa shape index (κ3) is 3.85. The van der Waals surface area contributed by atoms with E-state index in [1.54, 1.807) is 27.7 Å². The van der Waals surface area contributed by atoms with Gasteiger partial charge in [-0.05, 0) is 27.7 Å². The van der Waals surface area contributed by atoms with E-state index in [2.05, 4.69) is 10.3 Å². The Morgan fingerprint density at radius 2 is 2.12 bits per heavy atom. The van der Waals surface area contributed by atoms with Crippen LogP contribution in [0.5, 0.6) is 0 Å². The number of aromatic nitrogens is 1. The van der Waals surface area contributed by atoms with Crippen molar-refractivity contribution in [2.75, 3.05) is 5.32 Å². The molecule has 94 valence electrons. The number of nitrogens with zero attached hydrogens (tertiary/aromatic N) is 1. The molecule has 0 atom stereocenters. The van der Waals surface area contributed by atoms with Crippen LogP contribution in [0.2, 0.25) is 5.15 Å². The molecular formula is C11H14ClFN2O2. The van der Waals surface area contributed by atoms with Gasteiger partial charge in [-0.1, -0.05) is 11.6 Å². The normalized spacial score (nSPS) is 11.2. The van der Waals surface area contributed by atoms with E-state index < -0.39 is 17.5 Å². The quantitative estimate of drug-likeness (QED) is 0.786. The van der Waals surface area contributed by atoms with Crippen molar-refractivity contribution in [2.45, 2.75) is 33.3 Å². The third-order valence-corrected chi connectivity index (χ3v) is 2.22. The number of nitrogens with one attached hydrogen (secondary N) is 1. The highest BCUT2D eigenvalue weighted by Crippen LogP contribution is 2.24. The van der Waals surface area contributed by atoms with Crippen LogP contribution in [0, 0.1) is 12.7 Å². The zero-order valence-corrected chi connectivity index (χ0v) is 10.9. The summed E-state index contributed by atoms with van der Waals surface area (Å²) in [7, 11) is 0. The summed E-state index contributed by atoms with van der Waals surface area (Å²) in [6, 6.07) is 0. The van der Waals surface area contributed by atoms with Gasteiger partial charge < -0.3 is 4.74 Å². The second-order valence-electron chi connectivity index (χ2n) is 4.52. The van der Waals surface area contributed by atoms with Gasteiger partial charge in [-0.3, -0.25) is 5.32 Å². The molecule has 1 aromatic rings. The second-order valence-corrected chi connectivity index (χ2v) is 4.88. The fourth-order valence-corrected chi connectivity index (χ4v) is 1.26. The van der Waals surface area contributed by atoms with E-state index in [1.165, 1.54) is 0 Å². The number of halogens is 2. The van der Waals surface area contributed by atoms with Crippen LogP contribution in [0.1, 0.15) is 26.3 Å². The van der Waals surface area contributed by atoms with Crippen molar-refractivity contribution < 1.29 is 13.9 Å². The lowest BCUT2D eigenvalue weighted by Crippen LogP contribution is -2.27. The summed E-state index contributed by atoms with van der Waals surface area (Å²) in [6.45, 7) is 6.71. The van der Waals surface area contributed by atoms with Gasteiger partial charge in [0.2, 0.25) is 0 Å². The van der Waals surface area contributed by atoms with Crippen molar-refractivity contribution in [3.8, 4) is 0 Å².